The lowest BCUT2D eigenvalue weighted by Gasteiger charge is -2.10. The van der Waals surface area contributed by atoms with Gasteiger partial charge in [-0.1, -0.05) is 25.1 Å². The fourth-order valence-corrected chi connectivity index (χ4v) is 3.36. The van der Waals surface area contributed by atoms with E-state index in [1.807, 2.05) is 6.20 Å². The largest absolute Gasteiger partial charge is 0.346 e. The number of hydrogen-bond acceptors (Lipinski definition) is 3. The van der Waals surface area contributed by atoms with Crippen LogP contribution in [0.15, 0.2) is 30.5 Å². The van der Waals surface area contributed by atoms with Crippen LogP contribution in [0.25, 0.3) is 10.9 Å². The van der Waals surface area contributed by atoms with Crippen LogP contribution in [0.2, 0.25) is 0 Å². The first-order valence-electron chi connectivity index (χ1n) is 7.59. The quantitative estimate of drug-likeness (QED) is 0.854. The summed E-state index contributed by atoms with van der Waals surface area (Å²) in [5, 5.41) is 4.71. The third-order valence-corrected chi connectivity index (χ3v) is 5.80. The molecule has 2 aromatic rings. The molecule has 1 aliphatic carbocycles. The number of benzene rings is 1. The van der Waals surface area contributed by atoms with Gasteiger partial charge in [0.05, 0.1) is 11.3 Å². The van der Waals surface area contributed by atoms with Crippen molar-refractivity contribution in [3.05, 3.63) is 36.0 Å². The van der Waals surface area contributed by atoms with Crippen molar-refractivity contribution in [2.75, 3.05) is 11.5 Å². The smallest absolute Gasteiger partial charge is 0.151 e. The number of sulfone groups is 1. The van der Waals surface area contributed by atoms with Crippen molar-refractivity contribution in [1.29, 1.82) is 0 Å². The highest BCUT2D eigenvalue weighted by molar-refractivity contribution is 7.91. The second kappa shape index (κ2) is 5.81. The van der Waals surface area contributed by atoms with E-state index in [4.69, 9.17) is 0 Å². The van der Waals surface area contributed by atoms with Crippen molar-refractivity contribution in [2.24, 2.45) is 0 Å². The van der Waals surface area contributed by atoms with E-state index >= 15 is 0 Å². The Kier molecular flexibility index (Phi) is 4.04. The van der Waals surface area contributed by atoms with Crippen LogP contribution in [0.5, 0.6) is 0 Å². The van der Waals surface area contributed by atoms with Gasteiger partial charge in [-0.25, -0.2) is 8.42 Å². The van der Waals surface area contributed by atoms with Gasteiger partial charge in [-0.15, -0.1) is 0 Å². The molecule has 0 unspecified atom stereocenters. The van der Waals surface area contributed by atoms with E-state index in [0.717, 1.165) is 12.1 Å². The fraction of sp³-hybridized carbons (Fsp3) is 0.500. The molecule has 1 fully saturated rings. The maximum atomic E-state index is 11.7. The van der Waals surface area contributed by atoms with Crippen molar-refractivity contribution in [3.63, 3.8) is 0 Å². The fourth-order valence-electron chi connectivity index (χ4n) is 2.59. The van der Waals surface area contributed by atoms with Gasteiger partial charge in [-0.2, -0.15) is 0 Å². The Balaban J connectivity index is 1.84. The molecule has 0 bridgehead atoms. The summed E-state index contributed by atoms with van der Waals surface area (Å²) in [4.78, 5) is 0. The van der Waals surface area contributed by atoms with Crippen LogP contribution >= 0.6 is 0 Å². The summed E-state index contributed by atoms with van der Waals surface area (Å²) in [5.74, 6) is 0.417. The summed E-state index contributed by atoms with van der Waals surface area (Å²) < 4.78 is 25.5. The van der Waals surface area contributed by atoms with E-state index in [1.54, 1.807) is 6.92 Å². The molecule has 114 valence electrons. The number of fused-ring (bicyclic) bond motifs is 1. The lowest BCUT2D eigenvalue weighted by Crippen LogP contribution is -2.17. The molecule has 0 saturated heterocycles. The molecular formula is C16H22N2O2S. The Bertz CT molecular complexity index is 730. The van der Waals surface area contributed by atoms with Crippen LogP contribution < -0.4 is 5.32 Å². The Morgan fingerprint density at radius 3 is 2.81 bits per heavy atom. The highest BCUT2D eigenvalue weighted by Crippen LogP contribution is 2.23. The van der Waals surface area contributed by atoms with Gasteiger partial charge in [0.25, 0.3) is 0 Å². The van der Waals surface area contributed by atoms with Crippen LogP contribution in [0, 0.1) is 0 Å². The first kappa shape index (κ1) is 14.6. The highest BCUT2D eigenvalue weighted by Gasteiger charge is 2.20. The van der Waals surface area contributed by atoms with Gasteiger partial charge in [-0.3, -0.25) is 0 Å². The second-order valence-corrected chi connectivity index (χ2v) is 8.23. The topological polar surface area (TPSA) is 51.1 Å². The van der Waals surface area contributed by atoms with E-state index in [1.165, 1.54) is 23.8 Å². The molecule has 1 aromatic heterocycles. The van der Waals surface area contributed by atoms with Gasteiger partial charge in [-0.05, 0) is 29.9 Å². The maximum absolute atomic E-state index is 11.7. The molecule has 1 aliphatic rings. The molecular weight excluding hydrogens is 284 g/mol. The molecule has 5 heteroatoms. The molecule has 4 nitrogen and oxygen atoms in total. The number of para-hydroxylation sites is 1. The van der Waals surface area contributed by atoms with Crippen LogP contribution in [0.4, 0.5) is 0 Å². The first-order valence-corrected chi connectivity index (χ1v) is 9.42. The molecule has 0 aliphatic heterocycles. The summed E-state index contributed by atoms with van der Waals surface area (Å²) in [7, 11) is -2.93. The Morgan fingerprint density at radius 1 is 1.29 bits per heavy atom. The number of nitrogens with one attached hydrogen (secondary N) is 1. The van der Waals surface area contributed by atoms with E-state index in [2.05, 4.69) is 34.1 Å². The van der Waals surface area contributed by atoms with Crippen LogP contribution in [0.3, 0.4) is 0 Å². The Labute approximate surface area is 126 Å². The van der Waals surface area contributed by atoms with Gasteiger partial charge < -0.3 is 9.88 Å². The zero-order valence-corrected chi connectivity index (χ0v) is 13.2. The highest BCUT2D eigenvalue weighted by atomic mass is 32.2. The summed E-state index contributed by atoms with van der Waals surface area (Å²) in [6, 6.07) is 9.01. The van der Waals surface area contributed by atoms with Crippen LogP contribution in [0.1, 0.15) is 25.3 Å². The zero-order chi connectivity index (χ0) is 14.9. The van der Waals surface area contributed by atoms with E-state index in [9.17, 15) is 8.42 Å². The number of hydrogen-bond donors (Lipinski definition) is 1. The number of nitrogens with zero attached hydrogens (tertiary/aromatic N) is 1. The SMILES string of the molecule is CCS(=O)(=O)CCn1ccc2cccc(CNC3CC3)c21. The molecule has 0 amide bonds. The average Bonchev–Trinajstić information content (AvgIpc) is 3.22. The lowest BCUT2D eigenvalue weighted by atomic mass is 10.1. The van der Waals surface area contributed by atoms with E-state index in [-0.39, 0.29) is 11.5 Å². The van der Waals surface area contributed by atoms with Crippen molar-refractivity contribution in [3.8, 4) is 0 Å². The molecule has 0 spiro atoms. The Hall–Kier alpha value is -1.33. The molecule has 1 aromatic carbocycles. The molecule has 1 heterocycles. The predicted octanol–water partition coefficient (Wildman–Crippen LogP) is 2.33. The summed E-state index contributed by atoms with van der Waals surface area (Å²) in [6.07, 6.45) is 4.54. The molecule has 3 rings (SSSR count). The minimum atomic E-state index is -2.93. The normalized spacial score (nSPS) is 15.7. The molecule has 0 atom stereocenters. The zero-order valence-electron chi connectivity index (χ0n) is 12.4. The van der Waals surface area contributed by atoms with Gasteiger partial charge in [0.15, 0.2) is 9.84 Å². The van der Waals surface area contributed by atoms with Crippen molar-refractivity contribution in [1.82, 2.24) is 9.88 Å². The summed E-state index contributed by atoms with van der Waals surface area (Å²) in [5.41, 5.74) is 2.41. The Morgan fingerprint density at radius 2 is 2.10 bits per heavy atom. The van der Waals surface area contributed by atoms with Gasteiger partial charge >= 0.3 is 0 Å². The van der Waals surface area contributed by atoms with E-state index in [0.29, 0.717) is 12.6 Å². The van der Waals surface area contributed by atoms with Crippen molar-refractivity contribution >= 4 is 20.7 Å². The second-order valence-electron chi connectivity index (χ2n) is 5.76. The van der Waals surface area contributed by atoms with Crippen molar-refractivity contribution < 1.29 is 8.42 Å². The van der Waals surface area contributed by atoms with Gasteiger partial charge in [0.2, 0.25) is 0 Å². The number of rotatable bonds is 7. The average molecular weight is 306 g/mol. The van der Waals surface area contributed by atoms with Gasteiger partial charge in [0, 0.05) is 31.1 Å². The van der Waals surface area contributed by atoms with Crippen LogP contribution in [-0.2, 0) is 22.9 Å². The molecule has 21 heavy (non-hydrogen) atoms. The minimum absolute atomic E-state index is 0.206. The minimum Gasteiger partial charge on any atom is -0.346 e. The van der Waals surface area contributed by atoms with Crippen LogP contribution in [-0.4, -0.2) is 30.5 Å². The molecule has 0 radical (unpaired) electrons. The van der Waals surface area contributed by atoms with Crippen molar-refractivity contribution in [2.45, 2.75) is 38.9 Å². The maximum Gasteiger partial charge on any atom is 0.151 e. The lowest BCUT2D eigenvalue weighted by molar-refractivity contribution is 0.591. The summed E-state index contributed by atoms with van der Waals surface area (Å²) in [6.45, 7) is 3.08. The number of aryl methyl sites for hydroxylation is 1. The summed E-state index contributed by atoms with van der Waals surface area (Å²) >= 11 is 0. The predicted molar refractivity (Wildman–Crippen MR) is 86.1 cm³/mol. The first-order chi connectivity index (χ1) is 10.1. The van der Waals surface area contributed by atoms with Gasteiger partial charge in [0.1, 0.15) is 0 Å². The monoisotopic (exact) mass is 306 g/mol. The standard InChI is InChI=1S/C16H22N2O2S/c1-2-21(19,20)11-10-18-9-8-13-4-3-5-14(16(13)18)12-17-15-6-7-15/h3-5,8-9,15,17H,2,6-7,10-12H2,1H3. The number of aromatic nitrogens is 1. The third-order valence-electron chi connectivity index (χ3n) is 4.11. The third kappa shape index (κ3) is 3.47. The molecule has 1 saturated carbocycles. The van der Waals surface area contributed by atoms with E-state index < -0.39 is 9.84 Å². The molecule has 1 N–H and O–H groups in total.